The van der Waals surface area contributed by atoms with Crippen molar-refractivity contribution in [2.45, 2.75) is 63.5 Å². The van der Waals surface area contributed by atoms with Gasteiger partial charge in [-0.3, -0.25) is 4.79 Å². The molecule has 18 heavy (non-hydrogen) atoms. The van der Waals surface area contributed by atoms with Crippen molar-refractivity contribution in [2.75, 3.05) is 13.2 Å². The van der Waals surface area contributed by atoms with Crippen LogP contribution < -0.4 is 10.6 Å². The lowest BCUT2D eigenvalue weighted by atomic mass is 9.89. The summed E-state index contributed by atoms with van der Waals surface area (Å²) in [4.78, 5) is 12.3. The topological polar surface area (TPSA) is 61.4 Å². The fourth-order valence-corrected chi connectivity index (χ4v) is 3.29. The van der Waals surface area contributed by atoms with E-state index in [1.54, 1.807) is 0 Å². The first-order valence-electron chi connectivity index (χ1n) is 7.35. The maximum Gasteiger partial charge on any atom is 0.237 e. The maximum absolute atomic E-state index is 12.3. The molecule has 1 aliphatic heterocycles. The average molecular weight is 254 g/mol. The summed E-state index contributed by atoms with van der Waals surface area (Å²) < 4.78 is 0. The molecule has 1 amide bonds. The highest BCUT2D eigenvalue weighted by Gasteiger charge is 2.37. The van der Waals surface area contributed by atoms with Crippen molar-refractivity contribution < 1.29 is 9.90 Å². The number of rotatable bonds is 4. The zero-order valence-corrected chi connectivity index (χ0v) is 11.4. The van der Waals surface area contributed by atoms with Gasteiger partial charge in [0, 0.05) is 0 Å². The van der Waals surface area contributed by atoms with Gasteiger partial charge in [-0.1, -0.05) is 26.2 Å². The molecule has 2 unspecified atom stereocenters. The Morgan fingerprint density at radius 2 is 2.17 bits per heavy atom. The molecule has 2 aliphatic rings. The second-order valence-corrected chi connectivity index (χ2v) is 5.94. The molecule has 104 valence electrons. The van der Waals surface area contributed by atoms with Crippen LogP contribution in [0.25, 0.3) is 0 Å². The van der Waals surface area contributed by atoms with Gasteiger partial charge in [0.2, 0.25) is 5.91 Å². The van der Waals surface area contributed by atoms with Crippen LogP contribution in [0.15, 0.2) is 0 Å². The first-order chi connectivity index (χ1) is 8.69. The van der Waals surface area contributed by atoms with Gasteiger partial charge in [0.05, 0.1) is 18.2 Å². The fourth-order valence-electron chi connectivity index (χ4n) is 3.29. The van der Waals surface area contributed by atoms with Gasteiger partial charge in [0.1, 0.15) is 0 Å². The van der Waals surface area contributed by atoms with Gasteiger partial charge in [-0.2, -0.15) is 0 Å². The van der Waals surface area contributed by atoms with Crippen LogP contribution in [0.5, 0.6) is 0 Å². The fraction of sp³-hybridized carbons (Fsp3) is 0.929. The van der Waals surface area contributed by atoms with Crippen molar-refractivity contribution in [1.82, 2.24) is 10.6 Å². The number of aliphatic hydroxyl groups excluding tert-OH is 1. The highest BCUT2D eigenvalue weighted by molar-refractivity contribution is 5.82. The Labute approximate surface area is 110 Å². The smallest absolute Gasteiger partial charge is 0.237 e. The first kappa shape index (κ1) is 13.8. The maximum atomic E-state index is 12.3. The summed E-state index contributed by atoms with van der Waals surface area (Å²) in [5.74, 6) is 0.750. The Bertz CT molecular complexity index is 288. The summed E-state index contributed by atoms with van der Waals surface area (Å²) in [5, 5.41) is 15.9. The van der Waals surface area contributed by atoms with E-state index in [-0.39, 0.29) is 24.1 Å². The molecule has 0 aromatic carbocycles. The largest absolute Gasteiger partial charge is 0.394 e. The zero-order chi connectivity index (χ0) is 13.0. The third-order valence-electron chi connectivity index (χ3n) is 4.66. The molecule has 1 saturated carbocycles. The SMILES string of the molecule is CCC1CCNC(C(=O)NC2(CO)CCCC2)C1. The van der Waals surface area contributed by atoms with Gasteiger partial charge in [0.25, 0.3) is 0 Å². The lowest BCUT2D eigenvalue weighted by Crippen LogP contribution is -2.57. The Morgan fingerprint density at radius 1 is 1.44 bits per heavy atom. The summed E-state index contributed by atoms with van der Waals surface area (Å²) >= 11 is 0. The summed E-state index contributed by atoms with van der Waals surface area (Å²) in [6, 6.07) is -0.0623. The third kappa shape index (κ3) is 3.04. The molecular weight excluding hydrogens is 228 g/mol. The molecule has 4 nitrogen and oxygen atoms in total. The van der Waals surface area contributed by atoms with Crippen LogP contribution in [-0.2, 0) is 4.79 Å². The molecule has 0 aromatic heterocycles. The molecule has 2 fully saturated rings. The normalized spacial score (nSPS) is 31.2. The van der Waals surface area contributed by atoms with Gasteiger partial charge >= 0.3 is 0 Å². The van der Waals surface area contributed by atoms with E-state index in [9.17, 15) is 9.90 Å². The van der Waals surface area contributed by atoms with Crippen LogP contribution in [-0.4, -0.2) is 35.7 Å². The molecule has 0 radical (unpaired) electrons. The van der Waals surface area contributed by atoms with E-state index in [1.165, 1.54) is 6.42 Å². The number of carbonyl (C=O) groups excluding carboxylic acids is 1. The Hall–Kier alpha value is -0.610. The van der Waals surface area contributed by atoms with Crippen LogP contribution in [0.2, 0.25) is 0 Å². The summed E-state index contributed by atoms with van der Waals surface area (Å²) in [6.45, 7) is 3.20. The minimum absolute atomic E-state index is 0.0623. The second kappa shape index (κ2) is 6.02. The van der Waals surface area contributed by atoms with E-state index in [0.29, 0.717) is 5.92 Å². The highest BCUT2D eigenvalue weighted by Crippen LogP contribution is 2.29. The van der Waals surface area contributed by atoms with Gasteiger partial charge in [-0.15, -0.1) is 0 Å². The van der Waals surface area contributed by atoms with Crippen LogP contribution in [0.3, 0.4) is 0 Å². The third-order valence-corrected chi connectivity index (χ3v) is 4.66. The van der Waals surface area contributed by atoms with Gasteiger partial charge < -0.3 is 15.7 Å². The number of amides is 1. The van der Waals surface area contributed by atoms with Crippen molar-refractivity contribution in [3.63, 3.8) is 0 Å². The molecule has 2 atom stereocenters. The minimum Gasteiger partial charge on any atom is -0.394 e. The molecule has 1 saturated heterocycles. The van der Waals surface area contributed by atoms with Crippen molar-refractivity contribution in [2.24, 2.45) is 5.92 Å². The Morgan fingerprint density at radius 3 is 2.78 bits per heavy atom. The summed E-state index contributed by atoms with van der Waals surface area (Å²) in [5.41, 5.74) is -0.335. The standard InChI is InChI=1S/C14H26N2O2/c1-2-11-5-8-15-12(9-11)13(18)16-14(10-17)6-3-4-7-14/h11-12,15,17H,2-10H2,1H3,(H,16,18). The lowest BCUT2D eigenvalue weighted by molar-refractivity contribution is -0.126. The van der Waals surface area contributed by atoms with E-state index in [0.717, 1.165) is 45.1 Å². The molecule has 1 aliphatic carbocycles. The van der Waals surface area contributed by atoms with Crippen molar-refractivity contribution in [3.8, 4) is 0 Å². The van der Waals surface area contributed by atoms with Gasteiger partial charge in [-0.05, 0) is 38.1 Å². The van der Waals surface area contributed by atoms with Crippen LogP contribution >= 0.6 is 0 Å². The molecule has 0 bridgehead atoms. The molecule has 3 N–H and O–H groups in total. The number of hydrogen-bond acceptors (Lipinski definition) is 3. The Kier molecular flexibility index (Phi) is 4.62. The molecule has 2 rings (SSSR count). The van der Waals surface area contributed by atoms with E-state index in [1.807, 2.05) is 0 Å². The second-order valence-electron chi connectivity index (χ2n) is 5.94. The number of hydrogen-bond donors (Lipinski definition) is 3. The van der Waals surface area contributed by atoms with E-state index in [4.69, 9.17) is 0 Å². The molecule has 4 heteroatoms. The lowest BCUT2D eigenvalue weighted by Gasteiger charge is -2.34. The Balaban J connectivity index is 1.90. The zero-order valence-electron chi connectivity index (χ0n) is 11.4. The van der Waals surface area contributed by atoms with Crippen molar-refractivity contribution in [3.05, 3.63) is 0 Å². The van der Waals surface area contributed by atoms with E-state index < -0.39 is 0 Å². The summed E-state index contributed by atoms with van der Waals surface area (Å²) in [6.07, 6.45) is 7.30. The van der Waals surface area contributed by atoms with Gasteiger partial charge in [0.15, 0.2) is 0 Å². The van der Waals surface area contributed by atoms with Gasteiger partial charge in [-0.25, -0.2) is 0 Å². The number of nitrogens with one attached hydrogen (secondary N) is 2. The van der Waals surface area contributed by atoms with Crippen LogP contribution in [0, 0.1) is 5.92 Å². The quantitative estimate of drug-likeness (QED) is 0.706. The molecule has 1 heterocycles. The van der Waals surface area contributed by atoms with Crippen molar-refractivity contribution >= 4 is 5.91 Å². The van der Waals surface area contributed by atoms with Crippen molar-refractivity contribution in [1.29, 1.82) is 0 Å². The van der Waals surface area contributed by atoms with E-state index in [2.05, 4.69) is 17.6 Å². The number of carbonyl (C=O) groups is 1. The average Bonchev–Trinajstić information content (AvgIpc) is 2.88. The molecule has 0 spiro atoms. The number of piperidine rings is 1. The summed E-state index contributed by atoms with van der Waals surface area (Å²) in [7, 11) is 0. The highest BCUT2D eigenvalue weighted by atomic mass is 16.3. The monoisotopic (exact) mass is 254 g/mol. The molecule has 0 aromatic rings. The molecular formula is C14H26N2O2. The van der Waals surface area contributed by atoms with Crippen LogP contribution in [0.4, 0.5) is 0 Å². The van der Waals surface area contributed by atoms with Crippen LogP contribution in [0.1, 0.15) is 51.9 Å². The predicted octanol–water partition coefficient (Wildman–Crippen LogP) is 1.19. The first-order valence-corrected chi connectivity index (χ1v) is 7.35. The van der Waals surface area contributed by atoms with E-state index >= 15 is 0 Å². The number of aliphatic hydroxyl groups is 1. The minimum atomic E-state index is -0.335. The predicted molar refractivity (Wildman–Crippen MR) is 71.2 cm³/mol.